The zero-order valence-electron chi connectivity index (χ0n) is 22.8. The Labute approximate surface area is 207 Å². The zero-order valence-corrected chi connectivity index (χ0v) is 22.8. The fourth-order valence-corrected chi connectivity index (χ4v) is 6.60. The molecule has 0 radical (unpaired) electrons. The van der Waals surface area contributed by atoms with E-state index in [1.54, 1.807) is 6.92 Å². The van der Waals surface area contributed by atoms with Crippen molar-refractivity contribution in [3.63, 3.8) is 0 Å². The lowest BCUT2D eigenvalue weighted by Gasteiger charge is -2.55. The second-order valence-electron chi connectivity index (χ2n) is 13.4. The highest BCUT2D eigenvalue weighted by Gasteiger charge is 2.50. The molecule has 5 heteroatoms. The summed E-state index contributed by atoms with van der Waals surface area (Å²) in [5.41, 5.74) is 4.04. The van der Waals surface area contributed by atoms with Crippen molar-refractivity contribution < 1.29 is 9.59 Å². The van der Waals surface area contributed by atoms with Gasteiger partial charge in [0.1, 0.15) is 0 Å². The third-order valence-electron chi connectivity index (χ3n) is 7.15. The normalized spacial score (nSPS) is 30.2. The summed E-state index contributed by atoms with van der Waals surface area (Å²) in [6.45, 7) is 18.8. The van der Waals surface area contributed by atoms with Crippen LogP contribution in [0.3, 0.4) is 0 Å². The molecule has 1 aliphatic heterocycles. The molecule has 2 N–H and O–H groups in total. The third kappa shape index (κ3) is 7.31. The first-order valence-corrected chi connectivity index (χ1v) is 13.1. The van der Waals surface area contributed by atoms with Crippen LogP contribution < -0.4 is 10.6 Å². The van der Waals surface area contributed by atoms with Gasteiger partial charge in [-0.2, -0.15) is 0 Å². The predicted octanol–water partition coefficient (Wildman–Crippen LogP) is 5.34. The monoisotopic (exact) mass is 469 g/mol. The van der Waals surface area contributed by atoms with Gasteiger partial charge in [-0.1, -0.05) is 58.4 Å². The van der Waals surface area contributed by atoms with Crippen molar-refractivity contribution in [2.24, 2.45) is 17.3 Å². The number of aryl methyl sites for hydroxylation is 1. The maximum Gasteiger partial charge on any atom is 0.237 e. The summed E-state index contributed by atoms with van der Waals surface area (Å²) in [5.74, 6) is 1.47. The number of nitrogens with zero attached hydrogens (tertiary/aromatic N) is 1. The lowest BCUT2D eigenvalue weighted by Crippen LogP contribution is -2.64. The zero-order chi connectivity index (χ0) is 25.3. The summed E-state index contributed by atoms with van der Waals surface area (Å²) in [6.07, 6.45) is 5.33. The van der Waals surface area contributed by atoms with E-state index in [9.17, 15) is 9.59 Å². The van der Waals surface area contributed by atoms with E-state index in [1.165, 1.54) is 23.1 Å². The third-order valence-corrected chi connectivity index (χ3v) is 7.15. The molecule has 2 aliphatic carbocycles. The Morgan fingerprint density at radius 2 is 1.74 bits per heavy atom. The van der Waals surface area contributed by atoms with Gasteiger partial charge in [0.15, 0.2) is 0 Å². The lowest BCUT2D eigenvalue weighted by atomic mass is 9.58. The van der Waals surface area contributed by atoms with Crippen molar-refractivity contribution in [2.75, 3.05) is 6.54 Å². The number of nitrogens with one attached hydrogen (secondary N) is 2. The number of hydrogen-bond acceptors (Lipinski definition) is 3. The number of fused-ring (bicyclic) bond motifs is 3. The molecule has 4 rings (SSSR count). The summed E-state index contributed by atoms with van der Waals surface area (Å²) in [4.78, 5) is 26.8. The number of carbonyl (C=O) groups excluding carboxylic acids is 2. The fourth-order valence-electron chi connectivity index (χ4n) is 6.60. The molecule has 1 heterocycles. The Bertz CT molecular complexity index is 895. The fraction of sp³-hybridized carbons (Fsp3) is 0.724. The van der Waals surface area contributed by atoms with Crippen LogP contribution in [0, 0.1) is 24.2 Å². The molecule has 2 fully saturated rings. The van der Waals surface area contributed by atoms with E-state index in [4.69, 9.17) is 0 Å². The highest BCUT2D eigenvalue weighted by Crippen LogP contribution is 2.48. The van der Waals surface area contributed by atoms with Gasteiger partial charge < -0.3 is 15.5 Å². The summed E-state index contributed by atoms with van der Waals surface area (Å²) in [7, 11) is 0. The van der Waals surface area contributed by atoms with Crippen LogP contribution in [0.15, 0.2) is 18.2 Å². The Kier molecular flexibility index (Phi) is 7.86. The van der Waals surface area contributed by atoms with E-state index in [0.29, 0.717) is 36.9 Å². The van der Waals surface area contributed by atoms with E-state index in [0.717, 1.165) is 25.7 Å². The molecule has 2 saturated carbocycles. The van der Waals surface area contributed by atoms with Gasteiger partial charge in [-0.3, -0.25) is 9.59 Å². The Hall–Kier alpha value is -1.88. The molecule has 5 nitrogen and oxygen atoms in total. The average molecular weight is 470 g/mol. The smallest absolute Gasteiger partial charge is 0.237 e. The minimum Gasteiger partial charge on any atom is -0.351 e. The van der Waals surface area contributed by atoms with Crippen molar-refractivity contribution in [2.45, 2.75) is 112 Å². The molecular formula is C29H47N3O2. The number of benzene rings is 1. The Morgan fingerprint density at radius 3 is 2.38 bits per heavy atom. The van der Waals surface area contributed by atoms with Crippen molar-refractivity contribution in [1.29, 1.82) is 0 Å². The molecule has 4 atom stereocenters. The minimum atomic E-state index is -0.188. The van der Waals surface area contributed by atoms with Crippen LogP contribution in [-0.4, -0.2) is 34.3 Å². The van der Waals surface area contributed by atoms with Crippen LogP contribution in [-0.2, 0) is 22.7 Å². The molecule has 0 spiro atoms. The van der Waals surface area contributed by atoms with Gasteiger partial charge in [0, 0.05) is 31.1 Å². The van der Waals surface area contributed by atoms with Crippen LogP contribution in [0.5, 0.6) is 0 Å². The van der Waals surface area contributed by atoms with E-state index in [1.807, 2.05) is 4.90 Å². The Morgan fingerprint density at radius 1 is 1.09 bits per heavy atom. The quantitative estimate of drug-likeness (QED) is 0.625. The van der Waals surface area contributed by atoms with Gasteiger partial charge in [-0.25, -0.2) is 0 Å². The molecule has 2 bridgehead atoms. The summed E-state index contributed by atoms with van der Waals surface area (Å²) < 4.78 is 0. The largest absolute Gasteiger partial charge is 0.351 e. The first-order chi connectivity index (χ1) is 15.7. The lowest BCUT2D eigenvalue weighted by molar-refractivity contribution is -0.132. The standard InChI is InChI=1S/C24H35N3O2.C5H12/c1-16-5-6-20-13-27(14-21(20)8-16)22(29)12-25-24-9-17(2)7-19(11-24)10-23(4,15-24)26-18(3)28;1-5(2,3)4/h5-6,8,17,19,25H,7,9-15H2,1-4H3,(H,26,28);1-4H3. The second kappa shape index (κ2) is 10.0. The van der Waals surface area contributed by atoms with Crippen LogP contribution >= 0.6 is 0 Å². The van der Waals surface area contributed by atoms with E-state index < -0.39 is 0 Å². The number of amides is 2. The molecule has 0 aromatic heterocycles. The van der Waals surface area contributed by atoms with Gasteiger partial charge in [-0.05, 0) is 74.3 Å². The molecule has 3 aliphatic rings. The van der Waals surface area contributed by atoms with E-state index in [2.05, 4.69) is 77.3 Å². The minimum absolute atomic E-state index is 0.0388. The summed E-state index contributed by atoms with van der Waals surface area (Å²) in [5, 5.41) is 6.91. The van der Waals surface area contributed by atoms with Gasteiger partial charge in [0.25, 0.3) is 0 Å². The second-order valence-corrected chi connectivity index (χ2v) is 13.4. The van der Waals surface area contributed by atoms with Crippen molar-refractivity contribution in [3.8, 4) is 0 Å². The van der Waals surface area contributed by atoms with Gasteiger partial charge in [0.2, 0.25) is 11.8 Å². The number of rotatable bonds is 4. The predicted molar refractivity (Wildman–Crippen MR) is 139 cm³/mol. The molecule has 1 aromatic rings. The van der Waals surface area contributed by atoms with Gasteiger partial charge in [-0.15, -0.1) is 0 Å². The molecular weight excluding hydrogens is 422 g/mol. The summed E-state index contributed by atoms with van der Waals surface area (Å²) >= 11 is 0. The number of hydrogen-bond donors (Lipinski definition) is 2. The van der Waals surface area contributed by atoms with Gasteiger partial charge in [0.05, 0.1) is 6.54 Å². The highest BCUT2D eigenvalue weighted by molar-refractivity contribution is 5.79. The summed E-state index contributed by atoms with van der Waals surface area (Å²) in [6, 6.07) is 6.47. The number of carbonyl (C=O) groups is 2. The maximum absolute atomic E-state index is 13.0. The molecule has 2 amide bonds. The topological polar surface area (TPSA) is 61.4 Å². The first kappa shape index (κ1) is 26.7. The first-order valence-electron chi connectivity index (χ1n) is 13.1. The average Bonchev–Trinajstić information content (AvgIpc) is 3.05. The SMILES string of the molecule is CC(=O)NC1(C)CC2CC(C)CC(NCC(=O)N3Cc4ccc(C)cc4C3)(C2)C1.CC(C)(C)C. The molecule has 0 saturated heterocycles. The maximum atomic E-state index is 13.0. The van der Waals surface area contributed by atoms with Crippen molar-refractivity contribution in [1.82, 2.24) is 15.5 Å². The van der Waals surface area contributed by atoms with Crippen molar-refractivity contribution >= 4 is 11.8 Å². The van der Waals surface area contributed by atoms with Gasteiger partial charge >= 0.3 is 0 Å². The molecule has 190 valence electrons. The molecule has 1 aromatic carbocycles. The van der Waals surface area contributed by atoms with Crippen LogP contribution in [0.2, 0.25) is 0 Å². The van der Waals surface area contributed by atoms with Crippen LogP contribution in [0.4, 0.5) is 0 Å². The Balaban J connectivity index is 0.000000588. The highest BCUT2D eigenvalue weighted by atomic mass is 16.2. The molecule has 34 heavy (non-hydrogen) atoms. The van der Waals surface area contributed by atoms with Crippen LogP contribution in [0.25, 0.3) is 0 Å². The van der Waals surface area contributed by atoms with E-state index in [-0.39, 0.29) is 22.9 Å². The molecule has 4 unspecified atom stereocenters. The van der Waals surface area contributed by atoms with Crippen molar-refractivity contribution in [3.05, 3.63) is 34.9 Å². The van der Waals surface area contributed by atoms with E-state index >= 15 is 0 Å². The van der Waals surface area contributed by atoms with Crippen LogP contribution in [0.1, 0.15) is 97.3 Å².